The van der Waals surface area contributed by atoms with Gasteiger partial charge in [0.2, 0.25) is 5.91 Å². The number of benzene rings is 2. The van der Waals surface area contributed by atoms with Crippen molar-refractivity contribution in [3.63, 3.8) is 0 Å². The second-order valence-electron chi connectivity index (χ2n) is 6.43. The normalized spacial score (nSPS) is 11.4. The predicted molar refractivity (Wildman–Crippen MR) is 124 cm³/mol. The molecule has 0 saturated carbocycles. The molecule has 1 atom stereocenters. The molecule has 0 aliphatic rings. The summed E-state index contributed by atoms with van der Waals surface area (Å²) < 4.78 is 0. The second-order valence-corrected chi connectivity index (χ2v) is 8.87. The number of hydrogen-bond acceptors (Lipinski definition) is 5. The number of hydrogen-bond donors (Lipinski definition) is 3. The zero-order valence-electron chi connectivity index (χ0n) is 16.7. The molecular weight excluding hydrogens is 442 g/mol. The Morgan fingerprint density at radius 1 is 1.03 bits per heavy atom. The Bertz CT molecular complexity index is 878. The molecule has 0 aliphatic heterocycles. The second kappa shape index (κ2) is 12.5. The fourth-order valence-corrected chi connectivity index (χ4v) is 3.82. The fraction of sp³-hybridized carbons (Fsp3) is 0.286. The van der Waals surface area contributed by atoms with Crippen LogP contribution in [0.15, 0.2) is 53.4 Å². The van der Waals surface area contributed by atoms with Crippen LogP contribution in [0, 0.1) is 6.92 Å². The molecule has 160 valence electrons. The number of carbonyl (C=O) groups is 3. The minimum atomic E-state index is -0.800. The maximum atomic E-state index is 12.5. The summed E-state index contributed by atoms with van der Waals surface area (Å²) in [6.07, 6.45) is 2.33. The maximum Gasteiger partial charge on any atom is 0.260 e. The van der Waals surface area contributed by atoms with E-state index in [2.05, 4.69) is 16.2 Å². The average Bonchev–Trinajstić information content (AvgIpc) is 2.74. The van der Waals surface area contributed by atoms with Gasteiger partial charge in [-0.3, -0.25) is 25.2 Å². The summed E-state index contributed by atoms with van der Waals surface area (Å²) in [4.78, 5) is 38.0. The van der Waals surface area contributed by atoms with E-state index in [9.17, 15) is 14.4 Å². The van der Waals surface area contributed by atoms with Gasteiger partial charge in [-0.15, -0.1) is 11.8 Å². The molecule has 0 aliphatic carbocycles. The van der Waals surface area contributed by atoms with Crippen molar-refractivity contribution in [2.24, 2.45) is 0 Å². The molecule has 0 bridgehead atoms. The Morgan fingerprint density at radius 3 is 2.40 bits per heavy atom. The van der Waals surface area contributed by atoms with E-state index < -0.39 is 17.9 Å². The van der Waals surface area contributed by atoms with E-state index in [-0.39, 0.29) is 11.7 Å². The van der Waals surface area contributed by atoms with Gasteiger partial charge in [0.1, 0.15) is 6.04 Å². The molecule has 0 heterocycles. The van der Waals surface area contributed by atoms with Gasteiger partial charge in [-0.25, -0.2) is 0 Å². The molecule has 0 spiro atoms. The van der Waals surface area contributed by atoms with Crippen molar-refractivity contribution in [1.29, 1.82) is 0 Å². The molecule has 0 fully saturated rings. The van der Waals surface area contributed by atoms with E-state index in [0.717, 1.165) is 10.5 Å². The van der Waals surface area contributed by atoms with Crippen LogP contribution < -0.4 is 16.2 Å². The summed E-state index contributed by atoms with van der Waals surface area (Å²) in [5, 5.41) is 3.00. The quantitative estimate of drug-likeness (QED) is 0.390. The largest absolute Gasteiger partial charge is 0.340 e. The molecule has 3 N–H and O–H groups in total. The highest BCUT2D eigenvalue weighted by atomic mass is 35.5. The zero-order valence-corrected chi connectivity index (χ0v) is 19.1. The van der Waals surface area contributed by atoms with E-state index in [1.54, 1.807) is 36.0 Å². The highest BCUT2D eigenvalue weighted by Crippen LogP contribution is 2.18. The molecule has 0 saturated heterocycles. The smallest absolute Gasteiger partial charge is 0.260 e. The molecule has 30 heavy (non-hydrogen) atoms. The summed E-state index contributed by atoms with van der Waals surface area (Å²) in [5.74, 6) is -0.445. The van der Waals surface area contributed by atoms with Crippen molar-refractivity contribution in [2.45, 2.75) is 24.3 Å². The van der Waals surface area contributed by atoms with Gasteiger partial charge in [-0.1, -0.05) is 41.4 Å². The highest BCUT2D eigenvalue weighted by Gasteiger charge is 2.22. The number of carbonyl (C=O) groups excluding carboxylic acids is 3. The van der Waals surface area contributed by atoms with Crippen molar-refractivity contribution >= 4 is 52.8 Å². The van der Waals surface area contributed by atoms with E-state index >= 15 is 0 Å². The fourth-order valence-electron chi connectivity index (χ4n) is 2.42. The third-order valence-corrected chi connectivity index (χ3v) is 6.05. The summed E-state index contributed by atoms with van der Waals surface area (Å²) >= 11 is 8.98. The Labute approximate surface area is 189 Å². The molecule has 6 nitrogen and oxygen atoms in total. The zero-order chi connectivity index (χ0) is 21.9. The van der Waals surface area contributed by atoms with Crippen LogP contribution in [-0.4, -0.2) is 41.5 Å². The molecular formula is C21H24ClN3O3S2. The molecule has 3 amide bonds. The monoisotopic (exact) mass is 465 g/mol. The van der Waals surface area contributed by atoms with Crippen LogP contribution in [0.4, 0.5) is 0 Å². The van der Waals surface area contributed by atoms with E-state index in [1.165, 1.54) is 11.8 Å². The molecule has 2 aromatic carbocycles. The third-order valence-electron chi connectivity index (χ3n) is 4.07. The first-order valence-electron chi connectivity index (χ1n) is 9.23. The van der Waals surface area contributed by atoms with Crippen LogP contribution in [0.5, 0.6) is 0 Å². The lowest BCUT2D eigenvalue weighted by Gasteiger charge is -2.18. The van der Waals surface area contributed by atoms with Crippen molar-refractivity contribution in [1.82, 2.24) is 16.2 Å². The van der Waals surface area contributed by atoms with Gasteiger partial charge in [0.25, 0.3) is 11.8 Å². The SMILES string of the molecule is CSCCC(NC(=O)c1ccccc1Cl)C(=O)NNC(=O)CSc1ccc(C)cc1. The van der Waals surface area contributed by atoms with Gasteiger partial charge in [-0.2, -0.15) is 11.8 Å². The van der Waals surface area contributed by atoms with Gasteiger partial charge in [-0.05, 0) is 49.6 Å². The Hall–Kier alpha value is -2.16. The van der Waals surface area contributed by atoms with Crippen LogP contribution >= 0.6 is 35.1 Å². The molecule has 0 aromatic heterocycles. The Balaban J connectivity index is 1.87. The van der Waals surface area contributed by atoms with E-state index in [1.807, 2.05) is 37.4 Å². The number of aryl methyl sites for hydroxylation is 1. The molecule has 9 heteroatoms. The van der Waals surface area contributed by atoms with Gasteiger partial charge in [0.15, 0.2) is 0 Å². The summed E-state index contributed by atoms with van der Waals surface area (Å²) in [6.45, 7) is 1.99. The predicted octanol–water partition coefficient (Wildman–Crippen LogP) is 3.44. The Morgan fingerprint density at radius 2 is 1.73 bits per heavy atom. The van der Waals surface area contributed by atoms with Crippen LogP contribution in [0.2, 0.25) is 5.02 Å². The summed E-state index contributed by atoms with van der Waals surface area (Å²) in [6, 6.07) is 13.6. The number of rotatable bonds is 9. The van der Waals surface area contributed by atoms with E-state index in [0.29, 0.717) is 22.8 Å². The lowest BCUT2D eigenvalue weighted by atomic mass is 10.1. The topological polar surface area (TPSA) is 87.3 Å². The summed E-state index contributed by atoms with van der Waals surface area (Å²) in [7, 11) is 0. The minimum Gasteiger partial charge on any atom is -0.340 e. The molecule has 2 rings (SSSR count). The number of amides is 3. The molecule has 0 radical (unpaired) electrons. The maximum absolute atomic E-state index is 12.5. The molecule has 2 aromatic rings. The Kier molecular flexibility index (Phi) is 10.1. The first-order chi connectivity index (χ1) is 14.4. The van der Waals surface area contributed by atoms with Crippen LogP contribution in [0.25, 0.3) is 0 Å². The highest BCUT2D eigenvalue weighted by molar-refractivity contribution is 8.00. The van der Waals surface area contributed by atoms with Crippen LogP contribution in [0.1, 0.15) is 22.3 Å². The lowest BCUT2D eigenvalue weighted by molar-refractivity contribution is -0.128. The van der Waals surface area contributed by atoms with Crippen molar-refractivity contribution in [2.75, 3.05) is 17.8 Å². The van der Waals surface area contributed by atoms with Crippen LogP contribution in [-0.2, 0) is 9.59 Å². The van der Waals surface area contributed by atoms with Gasteiger partial charge < -0.3 is 5.32 Å². The average molecular weight is 466 g/mol. The van der Waals surface area contributed by atoms with Gasteiger partial charge in [0, 0.05) is 4.90 Å². The van der Waals surface area contributed by atoms with Crippen molar-refractivity contribution < 1.29 is 14.4 Å². The van der Waals surface area contributed by atoms with E-state index in [4.69, 9.17) is 11.6 Å². The number of thioether (sulfide) groups is 2. The van der Waals surface area contributed by atoms with Gasteiger partial charge in [0.05, 0.1) is 16.3 Å². The van der Waals surface area contributed by atoms with Crippen molar-refractivity contribution in [3.05, 3.63) is 64.7 Å². The number of halogens is 1. The standard InChI is InChI=1S/C21H24ClN3O3S2/c1-14-7-9-15(10-8-14)30-13-19(26)24-25-21(28)18(11-12-29-2)23-20(27)16-5-3-4-6-17(16)22/h3-10,18H,11-13H2,1-2H3,(H,23,27)(H,24,26)(H,25,28). The third kappa shape index (κ3) is 7.93. The number of hydrazine groups is 1. The molecule has 1 unspecified atom stereocenters. The summed E-state index contributed by atoms with van der Waals surface area (Å²) in [5.41, 5.74) is 6.24. The van der Waals surface area contributed by atoms with Crippen LogP contribution in [0.3, 0.4) is 0 Å². The van der Waals surface area contributed by atoms with Crippen molar-refractivity contribution in [3.8, 4) is 0 Å². The first kappa shape index (κ1) is 24.1. The first-order valence-corrected chi connectivity index (χ1v) is 12.0. The minimum absolute atomic E-state index is 0.158. The number of nitrogens with one attached hydrogen (secondary N) is 3. The van der Waals surface area contributed by atoms with Gasteiger partial charge >= 0.3 is 0 Å². The lowest BCUT2D eigenvalue weighted by Crippen LogP contribution is -2.52.